The van der Waals surface area contributed by atoms with Crippen LogP contribution in [0.4, 0.5) is 0 Å². The lowest BCUT2D eigenvalue weighted by molar-refractivity contribution is -0.123. The summed E-state index contributed by atoms with van der Waals surface area (Å²) in [5, 5.41) is 1.71. The predicted molar refractivity (Wildman–Crippen MR) is 110 cm³/mol. The number of rotatable bonds is 8. The summed E-state index contributed by atoms with van der Waals surface area (Å²) >= 11 is 0. The number of aromatic nitrogens is 1. The van der Waals surface area contributed by atoms with Gasteiger partial charge in [0.25, 0.3) is 5.91 Å². The van der Waals surface area contributed by atoms with E-state index in [4.69, 9.17) is 4.74 Å². The maximum Gasteiger partial charge on any atom is 0.257 e. The first-order chi connectivity index (χ1) is 14.0. The van der Waals surface area contributed by atoms with Crippen LogP contribution in [-0.4, -0.2) is 32.5 Å². The van der Waals surface area contributed by atoms with Crippen LogP contribution in [0.3, 0.4) is 0 Å². The van der Waals surface area contributed by atoms with E-state index in [1.807, 2.05) is 13.0 Å². The molecule has 6 nitrogen and oxygen atoms in total. The molecule has 3 aromatic rings. The Morgan fingerprint density at radius 2 is 1.76 bits per heavy atom. The number of hydrogen-bond donors (Lipinski definition) is 1. The lowest BCUT2D eigenvalue weighted by Crippen LogP contribution is -2.35. The highest BCUT2D eigenvalue weighted by atomic mass is 32.2. The minimum Gasteiger partial charge on any atom is -0.484 e. The first-order valence-corrected chi connectivity index (χ1v) is 10.7. The second-order valence-electron chi connectivity index (χ2n) is 6.54. The summed E-state index contributed by atoms with van der Waals surface area (Å²) < 4.78 is 31.9. The van der Waals surface area contributed by atoms with E-state index < -0.39 is 21.0 Å². The zero-order chi connectivity index (χ0) is 20.7. The smallest absolute Gasteiger partial charge is 0.257 e. The van der Waals surface area contributed by atoms with E-state index in [1.54, 1.807) is 66.9 Å². The molecule has 1 amide bonds. The third-order valence-corrected chi connectivity index (χ3v) is 6.50. The Morgan fingerprint density at radius 1 is 1.03 bits per heavy atom. The summed E-state index contributed by atoms with van der Waals surface area (Å²) in [6.45, 7) is 1.61. The highest BCUT2D eigenvalue weighted by Gasteiger charge is 2.29. The minimum absolute atomic E-state index is 0.0844. The van der Waals surface area contributed by atoms with Crippen molar-refractivity contribution in [1.82, 2.24) is 10.3 Å². The van der Waals surface area contributed by atoms with Crippen LogP contribution >= 0.6 is 0 Å². The van der Waals surface area contributed by atoms with Gasteiger partial charge in [-0.15, -0.1) is 0 Å². The van der Waals surface area contributed by atoms with Crippen molar-refractivity contribution in [2.45, 2.75) is 17.1 Å². The van der Waals surface area contributed by atoms with Crippen LogP contribution < -0.4 is 10.1 Å². The number of hydrogen-bond acceptors (Lipinski definition) is 5. The van der Waals surface area contributed by atoms with E-state index in [0.29, 0.717) is 11.3 Å². The van der Waals surface area contributed by atoms with Crippen LogP contribution in [0.2, 0.25) is 0 Å². The van der Waals surface area contributed by atoms with Crippen molar-refractivity contribution < 1.29 is 17.9 Å². The minimum atomic E-state index is -3.73. The Hall–Kier alpha value is -3.19. The molecule has 29 heavy (non-hydrogen) atoms. The summed E-state index contributed by atoms with van der Waals surface area (Å²) in [6, 6.07) is 19.0. The monoisotopic (exact) mass is 410 g/mol. The van der Waals surface area contributed by atoms with Gasteiger partial charge in [-0.25, -0.2) is 8.42 Å². The molecule has 1 N–H and O–H groups in total. The second kappa shape index (κ2) is 9.34. The number of nitrogens with one attached hydrogen (secondary N) is 1. The Kier molecular flexibility index (Phi) is 6.61. The molecule has 0 saturated heterocycles. The molecule has 7 heteroatoms. The number of ether oxygens (including phenoxy) is 1. The summed E-state index contributed by atoms with van der Waals surface area (Å²) in [6.07, 6.45) is 3.08. The van der Waals surface area contributed by atoms with Crippen LogP contribution in [0.1, 0.15) is 16.4 Å². The van der Waals surface area contributed by atoms with Gasteiger partial charge in [-0.05, 0) is 42.8 Å². The molecule has 0 aliphatic heterocycles. The maximum atomic E-state index is 13.2. The van der Waals surface area contributed by atoms with Crippen LogP contribution in [0.15, 0.2) is 84.0 Å². The van der Waals surface area contributed by atoms with Crippen LogP contribution in [-0.2, 0) is 14.6 Å². The number of carbonyl (C=O) groups excluding carboxylic acids is 1. The number of sulfone groups is 1. The molecule has 0 bridgehead atoms. The molecule has 1 atom stereocenters. The first kappa shape index (κ1) is 20.5. The highest BCUT2D eigenvalue weighted by molar-refractivity contribution is 7.91. The highest BCUT2D eigenvalue weighted by Crippen LogP contribution is 2.28. The number of carbonyl (C=O) groups is 1. The van der Waals surface area contributed by atoms with Crippen molar-refractivity contribution in [3.8, 4) is 5.75 Å². The van der Waals surface area contributed by atoms with E-state index in [-0.39, 0.29) is 18.0 Å². The molecule has 0 radical (unpaired) electrons. The Bertz CT molecular complexity index is 1040. The predicted octanol–water partition coefficient (Wildman–Crippen LogP) is 3.10. The summed E-state index contributed by atoms with van der Waals surface area (Å²) in [4.78, 5) is 16.4. The maximum absolute atomic E-state index is 13.2. The van der Waals surface area contributed by atoms with Gasteiger partial charge < -0.3 is 10.1 Å². The van der Waals surface area contributed by atoms with Crippen molar-refractivity contribution in [3.05, 3.63) is 90.3 Å². The molecular formula is C22H22N2O4S. The Balaban J connectivity index is 1.74. The van der Waals surface area contributed by atoms with Gasteiger partial charge in [-0.2, -0.15) is 0 Å². The van der Waals surface area contributed by atoms with Gasteiger partial charge in [0.05, 0.1) is 4.90 Å². The number of benzene rings is 2. The first-order valence-electron chi connectivity index (χ1n) is 9.12. The lowest BCUT2D eigenvalue weighted by Gasteiger charge is -2.19. The fourth-order valence-electron chi connectivity index (χ4n) is 2.79. The van der Waals surface area contributed by atoms with Gasteiger partial charge in [0, 0.05) is 18.9 Å². The van der Waals surface area contributed by atoms with E-state index in [0.717, 1.165) is 5.56 Å². The summed E-state index contributed by atoms with van der Waals surface area (Å²) in [7, 11) is -3.73. The third kappa shape index (κ3) is 5.42. The third-order valence-electron chi connectivity index (χ3n) is 4.38. The van der Waals surface area contributed by atoms with Crippen LogP contribution in [0.5, 0.6) is 5.75 Å². The molecule has 0 aliphatic rings. The average Bonchev–Trinajstić information content (AvgIpc) is 2.74. The van der Waals surface area contributed by atoms with E-state index in [1.165, 1.54) is 6.20 Å². The van der Waals surface area contributed by atoms with E-state index in [9.17, 15) is 13.2 Å². The molecule has 3 rings (SSSR count). The molecule has 1 heterocycles. The Labute approximate surface area is 170 Å². The van der Waals surface area contributed by atoms with Gasteiger partial charge in [0.2, 0.25) is 0 Å². The quantitative estimate of drug-likeness (QED) is 0.617. The molecule has 0 spiro atoms. The SMILES string of the molecule is Cc1ccc(S(=O)(=O)[C@@H](CNC(=O)COc2ccccc2)c2cccnc2)cc1. The number of amides is 1. The number of nitrogens with zero attached hydrogens (tertiary/aromatic N) is 1. The standard InChI is InChI=1S/C22H22N2O4S/c1-17-9-11-20(12-10-17)29(26,27)21(18-6-5-13-23-14-18)15-24-22(25)16-28-19-7-3-2-4-8-19/h2-14,21H,15-16H2,1H3,(H,24,25)/t21-/m0/s1. The largest absolute Gasteiger partial charge is 0.484 e. The van der Waals surface area contributed by atoms with Crippen molar-refractivity contribution in [1.29, 1.82) is 0 Å². The van der Waals surface area contributed by atoms with Gasteiger partial charge in [-0.3, -0.25) is 9.78 Å². The molecule has 0 fully saturated rings. The average molecular weight is 410 g/mol. The molecule has 2 aromatic carbocycles. The van der Waals surface area contributed by atoms with Crippen LogP contribution in [0, 0.1) is 6.92 Å². The molecule has 0 unspecified atom stereocenters. The van der Waals surface area contributed by atoms with Crippen molar-refractivity contribution in [3.63, 3.8) is 0 Å². The number of para-hydroxylation sites is 1. The molecule has 150 valence electrons. The normalized spacial score (nSPS) is 12.2. The fourth-order valence-corrected chi connectivity index (χ4v) is 4.43. The van der Waals surface area contributed by atoms with E-state index in [2.05, 4.69) is 10.3 Å². The second-order valence-corrected chi connectivity index (χ2v) is 8.67. The van der Waals surface area contributed by atoms with Gasteiger partial charge in [0.15, 0.2) is 16.4 Å². The lowest BCUT2D eigenvalue weighted by atomic mass is 10.2. The van der Waals surface area contributed by atoms with Gasteiger partial charge >= 0.3 is 0 Å². The zero-order valence-electron chi connectivity index (χ0n) is 16.0. The Morgan fingerprint density at radius 3 is 2.41 bits per heavy atom. The number of pyridine rings is 1. The van der Waals surface area contributed by atoms with Crippen molar-refractivity contribution in [2.75, 3.05) is 13.2 Å². The van der Waals surface area contributed by atoms with Gasteiger partial charge in [0.1, 0.15) is 11.0 Å². The molecule has 1 aromatic heterocycles. The fraction of sp³-hybridized carbons (Fsp3) is 0.182. The number of aryl methyl sites for hydroxylation is 1. The molecule has 0 saturated carbocycles. The van der Waals surface area contributed by atoms with Crippen molar-refractivity contribution in [2.24, 2.45) is 0 Å². The molecule has 0 aliphatic carbocycles. The van der Waals surface area contributed by atoms with Crippen LogP contribution in [0.25, 0.3) is 0 Å². The summed E-state index contributed by atoms with van der Waals surface area (Å²) in [5.41, 5.74) is 1.48. The van der Waals surface area contributed by atoms with E-state index >= 15 is 0 Å². The van der Waals surface area contributed by atoms with Gasteiger partial charge in [-0.1, -0.05) is 42.0 Å². The molecular weight excluding hydrogens is 388 g/mol. The summed E-state index contributed by atoms with van der Waals surface area (Å²) in [5.74, 6) is 0.167. The topological polar surface area (TPSA) is 85.4 Å². The van der Waals surface area contributed by atoms with Crippen molar-refractivity contribution >= 4 is 15.7 Å². The zero-order valence-corrected chi connectivity index (χ0v) is 16.8.